The Labute approximate surface area is 119 Å². The maximum absolute atomic E-state index is 10.1. The molecule has 2 rings (SSSR count). The number of aliphatic hydroxyl groups excluding tert-OH is 1. The number of aliphatic hydroxyl groups is 1. The Morgan fingerprint density at radius 1 is 1.00 bits per heavy atom. The van der Waals surface area contributed by atoms with E-state index in [9.17, 15) is 5.11 Å². The molecule has 3 heteroatoms. The molecule has 2 aromatic carbocycles. The summed E-state index contributed by atoms with van der Waals surface area (Å²) in [6.45, 7) is 4.19. The zero-order valence-corrected chi connectivity index (χ0v) is 12.0. The van der Waals surface area contributed by atoms with Gasteiger partial charge in [0.15, 0.2) is 0 Å². The third kappa shape index (κ3) is 3.31. The molecule has 0 amide bonds. The fraction of sp³-hybridized carbons (Fsp3) is 0.294. The number of rotatable bonds is 5. The lowest BCUT2D eigenvalue weighted by molar-refractivity contribution is -0.0195. The first-order valence-corrected chi connectivity index (χ1v) is 6.69. The number of methoxy groups -OCH3 is 1. The van der Waals surface area contributed by atoms with Crippen molar-refractivity contribution in [2.24, 2.45) is 0 Å². The molecular weight excluding hydrogens is 252 g/mol. The van der Waals surface area contributed by atoms with Crippen molar-refractivity contribution in [3.05, 3.63) is 59.7 Å². The van der Waals surface area contributed by atoms with E-state index in [-0.39, 0.29) is 0 Å². The van der Waals surface area contributed by atoms with E-state index in [1.807, 2.05) is 42.5 Å². The Morgan fingerprint density at radius 3 is 2.30 bits per heavy atom. The van der Waals surface area contributed by atoms with Crippen LogP contribution < -0.4 is 9.47 Å². The van der Waals surface area contributed by atoms with Crippen molar-refractivity contribution in [2.75, 3.05) is 7.11 Å². The molecule has 0 aliphatic rings. The van der Waals surface area contributed by atoms with Gasteiger partial charge in [-0.1, -0.05) is 44.2 Å². The second-order valence-electron chi connectivity index (χ2n) is 4.94. The summed E-state index contributed by atoms with van der Waals surface area (Å²) >= 11 is 0. The van der Waals surface area contributed by atoms with E-state index >= 15 is 0 Å². The minimum absolute atomic E-state index is 0.322. The van der Waals surface area contributed by atoms with Gasteiger partial charge in [0.2, 0.25) is 6.29 Å². The molecule has 0 aliphatic carbocycles. The van der Waals surface area contributed by atoms with Gasteiger partial charge < -0.3 is 14.6 Å². The third-order valence-corrected chi connectivity index (χ3v) is 3.16. The van der Waals surface area contributed by atoms with Crippen LogP contribution in [0.1, 0.15) is 37.2 Å². The highest BCUT2D eigenvalue weighted by molar-refractivity contribution is 5.42. The predicted octanol–water partition coefficient (Wildman–Crippen LogP) is 3.89. The van der Waals surface area contributed by atoms with Crippen molar-refractivity contribution in [2.45, 2.75) is 26.1 Å². The highest BCUT2D eigenvalue weighted by Crippen LogP contribution is 2.31. The smallest absolute Gasteiger partial charge is 0.224 e. The SMILES string of the molecule is COc1ccc(OC(O)c2ccccc2)cc1C(C)C. The van der Waals surface area contributed by atoms with Gasteiger partial charge in [-0.05, 0) is 24.1 Å². The summed E-state index contributed by atoms with van der Waals surface area (Å²) in [6.07, 6.45) is -0.968. The van der Waals surface area contributed by atoms with E-state index in [4.69, 9.17) is 9.47 Å². The van der Waals surface area contributed by atoms with E-state index in [0.29, 0.717) is 11.7 Å². The molecule has 0 saturated heterocycles. The number of hydrogen-bond donors (Lipinski definition) is 1. The largest absolute Gasteiger partial charge is 0.496 e. The molecule has 1 N–H and O–H groups in total. The van der Waals surface area contributed by atoms with Gasteiger partial charge in [0.05, 0.1) is 7.11 Å². The molecule has 0 spiro atoms. The highest BCUT2D eigenvalue weighted by Gasteiger charge is 2.12. The second-order valence-corrected chi connectivity index (χ2v) is 4.94. The van der Waals surface area contributed by atoms with Crippen LogP contribution in [0.15, 0.2) is 48.5 Å². The minimum atomic E-state index is -0.968. The molecule has 0 bridgehead atoms. The van der Waals surface area contributed by atoms with Crippen LogP contribution in [0.25, 0.3) is 0 Å². The summed E-state index contributed by atoms with van der Waals surface area (Å²) in [5.41, 5.74) is 1.79. The summed E-state index contributed by atoms with van der Waals surface area (Å²) in [7, 11) is 1.65. The number of benzene rings is 2. The zero-order valence-electron chi connectivity index (χ0n) is 12.0. The van der Waals surface area contributed by atoms with Gasteiger partial charge in [-0.25, -0.2) is 0 Å². The lowest BCUT2D eigenvalue weighted by Crippen LogP contribution is -2.06. The normalized spacial score (nSPS) is 12.2. The number of hydrogen-bond acceptors (Lipinski definition) is 3. The molecule has 3 nitrogen and oxygen atoms in total. The maximum Gasteiger partial charge on any atom is 0.224 e. The summed E-state index contributed by atoms with van der Waals surface area (Å²) in [6, 6.07) is 14.9. The molecule has 1 atom stereocenters. The summed E-state index contributed by atoms with van der Waals surface area (Å²) < 4.78 is 10.9. The molecule has 0 aliphatic heterocycles. The van der Waals surface area contributed by atoms with Crippen LogP contribution in [0.4, 0.5) is 0 Å². The van der Waals surface area contributed by atoms with Crippen LogP contribution in [0, 0.1) is 0 Å². The molecule has 0 aromatic heterocycles. The Kier molecular flexibility index (Phi) is 4.64. The van der Waals surface area contributed by atoms with E-state index in [0.717, 1.165) is 16.9 Å². The lowest BCUT2D eigenvalue weighted by atomic mass is 10.0. The van der Waals surface area contributed by atoms with Gasteiger partial charge in [0, 0.05) is 11.1 Å². The zero-order chi connectivity index (χ0) is 14.5. The summed E-state index contributed by atoms with van der Waals surface area (Å²) in [4.78, 5) is 0. The Morgan fingerprint density at radius 2 is 1.70 bits per heavy atom. The topological polar surface area (TPSA) is 38.7 Å². The van der Waals surface area contributed by atoms with Crippen LogP contribution >= 0.6 is 0 Å². The fourth-order valence-corrected chi connectivity index (χ4v) is 2.05. The monoisotopic (exact) mass is 272 g/mol. The second kappa shape index (κ2) is 6.44. The van der Waals surface area contributed by atoms with Crippen LogP contribution in [0.3, 0.4) is 0 Å². The van der Waals surface area contributed by atoms with Gasteiger partial charge in [0.25, 0.3) is 0 Å². The van der Waals surface area contributed by atoms with Crippen molar-refractivity contribution >= 4 is 0 Å². The van der Waals surface area contributed by atoms with Gasteiger partial charge in [-0.15, -0.1) is 0 Å². The minimum Gasteiger partial charge on any atom is -0.496 e. The quantitative estimate of drug-likeness (QED) is 0.839. The standard InChI is InChI=1S/C17H20O3/c1-12(2)15-11-14(9-10-16(15)19-3)20-17(18)13-7-5-4-6-8-13/h4-12,17-18H,1-3H3. The first-order chi connectivity index (χ1) is 9.61. The van der Waals surface area contributed by atoms with Crippen molar-refractivity contribution in [1.29, 1.82) is 0 Å². The molecule has 0 heterocycles. The third-order valence-electron chi connectivity index (χ3n) is 3.16. The average Bonchev–Trinajstić information content (AvgIpc) is 2.48. The van der Waals surface area contributed by atoms with Gasteiger partial charge in [-0.3, -0.25) is 0 Å². The molecule has 0 fully saturated rings. The molecule has 0 radical (unpaired) electrons. The van der Waals surface area contributed by atoms with Crippen molar-refractivity contribution < 1.29 is 14.6 Å². The van der Waals surface area contributed by atoms with Gasteiger partial charge in [0.1, 0.15) is 11.5 Å². The number of ether oxygens (including phenoxy) is 2. The van der Waals surface area contributed by atoms with E-state index in [1.165, 1.54) is 0 Å². The van der Waals surface area contributed by atoms with Gasteiger partial charge >= 0.3 is 0 Å². The summed E-state index contributed by atoms with van der Waals surface area (Å²) in [5, 5.41) is 10.1. The highest BCUT2D eigenvalue weighted by atomic mass is 16.6. The Hall–Kier alpha value is -2.00. The summed E-state index contributed by atoms with van der Waals surface area (Å²) in [5.74, 6) is 1.79. The van der Waals surface area contributed by atoms with Crippen molar-refractivity contribution in [3.8, 4) is 11.5 Å². The van der Waals surface area contributed by atoms with Crippen molar-refractivity contribution in [3.63, 3.8) is 0 Å². The van der Waals surface area contributed by atoms with Crippen LogP contribution in [-0.2, 0) is 0 Å². The molecule has 2 aromatic rings. The van der Waals surface area contributed by atoms with E-state index in [1.54, 1.807) is 13.2 Å². The van der Waals surface area contributed by atoms with Crippen molar-refractivity contribution in [1.82, 2.24) is 0 Å². The first-order valence-electron chi connectivity index (χ1n) is 6.69. The van der Waals surface area contributed by atoms with Gasteiger partial charge in [-0.2, -0.15) is 0 Å². The first kappa shape index (κ1) is 14.4. The van der Waals surface area contributed by atoms with Crippen LogP contribution in [0.2, 0.25) is 0 Å². The molecule has 106 valence electrons. The van der Waals surface area contributed by atoms with E-state index in [2.05, 4.69) is 13.8 Å². The van der Waals surface area contributed by atoms with E-state index < -0.39 is 6.29 Å². The maximum atomic E-state index is 10.1. The molecule has 1 unspecified atom stereocenters. The average molecular weight is 272 g/mol. The Bertz CT molecular complexity index is 549. The lowest BCUT2D eigenvalue weighted by Gasteiger charge is -2.17. The predicted molar refractivity (Wildman–Crippen MR) is 79.1 cm³/mol. The molecule has 20 heavy (non-hydrogen) atoms. The fourth-order valence-electron chi connectivity index (χ4n) is 2.05. The molecule has 0 saturated carbocycles. The van der Waals surface area contributed by atoms with Crippen LogP contribution in [0.5, 0.6) is 11.5 Å². The Balaban J connectivity index is 2.20. The van der Waals surface area contributed by atoms with Crippen LogP contribution in [-0.4, -0.2) is 12.2 Å². The molecular formula is C17H20O3.